The summed E-state index contributed by atoms with van der Waals surface area (Å²) < 4.78 is 0. The minimum Gasteiger partial charge on any atom is -0.508 e. The molecular formula is C10H12ClNO. The van der Waals surface area contributed by atoms with Gasteiger partial charge in [0.25, 0.3) is 0 Å². The maximum Gasteiger partial charge on any atom is 0.120 e. The van der Waals surface area contributed by atoms with Crippen molar-refractivity contribution in [1.29, 1.82) is 0 Å². The van der Waals surface area contributed by atoms with E-state index in [1.54, 1.807) is 12.1 Å². The molecule has 1 heterocycles. The molecule has 1 atom stereocenters. The van der Waals surface area contributed by atoms with Crippen LogP contribution in [0.15, 0.2) is 18.2 Å². The third kappa shape index (κ3) is 1.79. The average Bonchev–Trinajstić information content (AvgIpc) is 2.61. The van der Waals surface area contributed by atoms with Crippen molar-refractivity contribution >= 4 is 11.6 Å². The van der Waals surface area contributed by atoms with E-state index in [4.69, 9.17) is 11.6 Å². The molecule has 2 rings (SSSR count). The maximum atomic E-state index is 9.60. The Labute approximate surface area is 82.5 Å². The smallest absolute Gasteiger partial charge is 0.120 e. The van der Waals surface area contributed by atoms with E-state index in [2.05, 4.69) is 5.32 Å². The van der Waals surface area contributed by atoms with Crippen LogP contribution >= 0.6 is 11.6 Å². The normalized spacial score (nSPS) is 22.1. The van der Waals surface area contributed by atoms with Gasteiger partial charge in [0, 0.05) is 16.6 Å². The lowest BCUT2D eigenvalue weighted by atomic mass is 10.0. The molecule has 13 heavy (non-hydrogen) atoms. The second kappa shape index (κ2) is 3.56. The summed E-state index contributed by atoms with van der Waals surface area (Å²) in [6.45, 7) is 1.02. The lowest BCUT2D eigenvalue weighted by Gasteiger charge is -2.12. The minimum absolute atomic E-state index is 0.277. The van der Waals surface area contributed by atoms with Gasteiger partial charge in [0.15, 0.2) is 0 Å². The van der Waals surface area contributed by atoms with Gasteiger partial charge in [0.05, 0.1) is 0 Å². The molecule has 0 aliphatic carbocycles. The highest BCUT2D eigenvalue weighted by molar-refractivity contribution is 6.30. The van der Waals surface area contributed by atoms with E-state index in [1.807, 2.05) is 6.07 Å². The Morgan fingerprint density at radius 3 is 3.00 bits per heavy atom. The van der Waals surface area contributed by atoms with Gasteiger partial charge in [-0.15, -0.1) is 0 Å². The number of hydrogen-bond acceptors (Lipinski definition) is 2. The fourth-order valence-corrected chi connectivity index (χ4v) is 1.94. The molecule has 2 N–H and O–H groups in total. The Bertz CT molecular complexity index is 308. The van der Waals surface area contributed by atoms with Crippen LogP contribution in [-0.4, -0.2) is 11.7 Å². The van der Waals surface area contributed by atoms with Crippen molar-refractivity contribution in [2.24, 2.45) is 0 Å². The molecule has 0 spiro atoms. The standard InChI is InChI=1S/C10H12ClNO/c11-7-3-4-10(13)8(6-7)9-2-1-5-12-9/h3-4,6,9,12-13H,1-2,5H2/t9-/m1/s1. The molecular weight excluding hydrogens is 186 g/mol. The molecule has 0 unspecified atom stereocenters. The number of nitrogens with one attached hydrogen (secondary N) is 1. The second-order valence-corrected chi connectivity index (χ2v) is 3.79. The number of aromatic hydroxyl groups is 1. The van der Waals surface area contributed by atoms with E-state index in [0.29, 0.717) is 10.8 Å². The van der Waals surface area contributed by atoms with Crippen LogP contribution in [0.25, 0.3) is 0 Å². The van der Waals surface area contributed by atoms with Crippen molar-refractivity contribution in [1.82, 2.24) is 5.32 Å². The van der Waals surface area contributed by atoms with Gasteiger partial charge in [0.1, 0.15) is 5.75 Å². The highest BCUT2D eigenvalue weighted by Crippen LogP contribution is 2.31. The van der Waals surface area contributed by atoms with Crippen LogP contribution in [-0.2, 0) is 0 Å². The van der Waals surface area contributed by atoms with Crippen LogP contribution in [0.4, 0.5) is 0 Å². The fraction of sp³-hybridized carbons (Fsp3) is 0.400. The van der Waals surface area contributed by atoms with Gasteiger partial charge < -0.3 is 10.4 Å². The molecule has 0 radical (unpaired) electrons. The van der Waals surface area contributed by atoms with Gasteiger partial charge in [-0.2, -0.15) is 0 Å². The first-order chi connectivity index (χ1) is 6.27. The van der Waals surface area contributed by atoms with Gasteiger partial charge >= 0.3 is 0 Å². The average molecular weight is 198 g/mol. The molecule has 1 aromatic carbocycles. The highest BCUT2D eigenvalue weighted by atomic mass is 35.5. The van der Waals surface area contributed by atoms with Gasteiger partial charge in [-0.25, -0.2) is 0 Å². The monoisotopic (exact) mass is 197 g/mol. The molecule has 3 heteroatoms. The van der Waals surface area contributed by atoms with Crippen LogP contribution in [0.2, 0.25) is 5.02 Å². The van der Waals surface area contributed by atoms with Crippen LogP contribution in [0.5, 0.6) is 5.75 Å². The van der Waals surface area contributed by atoms with Crippen molar-refractivity contribution in [3.63, 3.8) is 0 Å². The van der Waals surface area contributed by atoms with Crippen LogP contribution in [0, 0.1) is 0 Å². The minimum atomic E-state index is 0.277. The van der Waals surface area contributed by atoms with Crippen molar-refractivity contribution in [3.05, 3.63) is 28.8 Å². The highest BCUT2D eigenvalue weighted by Gasteiger charge is 2.19. The largest absolute Gasteiger partial charge is 0.508 e. The summed E-state index contributed by atoms with van der Waals surface area (Å²) in [4.78, 5) is 0. The molecule has 1 aromatic rings. The molecule has 0 saturated carbocycles. The van der Waals surface area contributed by atoms with Crippen molar-refractivity contribution in [2.75, 3.05) is 6.54 Å². The van der Waals surface area contributed by atoms with Crippen molar-refractivity contribution in [2.45, 2.75) is 18.9 Å². The molecule has 70 valence electrons. The van der Waals surface area contributed by atoms with Gasteiger partial charge in [-0.05, 0) is 37.6 Å². The summed E-state index contributed by atoms with van der Waals surface area (Å²) in [6.07, 6.45) is 2.24. The molecule has 0 aromatic heterocycles. The zero-order valence-electron chi connectivity index (χ0n) is 7.26. The van der Waals surface area contributed by atoms with E-state index >= 15 is 0 Å². The zero-order valence-corrected chi connectivity index (χ0v) is 8.01. The molecule has 0 amide bonds. The molecule has 1 aliphatic heterocycles. The summed E-state index contributed by atoms with van der Waals surface area (Å²) in [7, 11) is 0. The van der Waals surface area contributed by atoms with Gasteiger partial charge in [-0.1, -0.05) is 11.6 Å². The second-order valence-electron chi connectivity index (χ2n) is 3.35. The van der Waals surface area contributed by atoms with Crippen LogP contribution < -0.4 is 5.32 Å². The zero-order chi connectivity index (χ0) is 9.26. The third-order valence-electron chi connectivity index (χ3n) is 2.43. The number of phenols is 1. The first-order valence-corrected chi connectivity index (χ1v) is 4.87. The maximum absolute atomic E-state index is 9.60. The van der Waals surface area contributed by atoms with E-state index in [1.165, 1.54) is 0 Å². The van der Waals surface area contributed by atoms with Crippen molar-refractivity contribution < 1.29 is 5.11 Å². The predicted molar refractivity (Wildman–Crippen MR) is 53.1 cm³/mol. The van der Waals surface area contributed by atoms with E-state index in [0.717, 1.165) is 24.9 Å². The Morgan fingerprint density at radius 2 is 2.31 bits per heavy atom. The van der Waals surface area contributed by atoms with Gasteiger partial charge in [-0.3, -0.25) is 0 Å². The number of phenolic OH excluding ortho intramolecular Hbond substituents is 1. The SMILES string of the molecule is Oc1ccc(Cl)cc1[C@H]1CCCN1. The number of benzene rings is 1. The third-order valence-corrected chi connectivity index (χ3v) is 2.66. The topological polar surface area (TPSA) is 32.3 Å². The number of halogens is 1. The molecule has 1 aliphatic rings. The van der Waals surface area contributed by atoms with Crippen molar-refractivity contribution in [3.8, 4) is 5.75 Å². The molecule has 1 saturated heterocycles. The number of rotatable bonds is 1. The molecule has 0 bridgehead atoms. The molecule has 2 nitrogen and oxygen atoms in total. The lowest BCUT2D eigenvalue weighted by molar-refractivity contribution is 0.457. The van der Waals surface area contributed by atoms with E-state index in [9.17, 15) is 5.11 Å². The lowest BCUT2D eigenvalue weighted by Crippen LogP contribution is -2.12. The Morgan fingerprint density at radius 1 is 1.46 bits per heavy atom. The number of hydrogen-bond donors (Lipinski definition) is 2. The molecule has 1 fully saturated rings. The first kappa shape index (κ1) is 8.85. The van der Waals surface area contributed by atoms with Gasteiger partial charge in [0.2, 0.25) is 0 Å². The Hall–Kier alpha value is -0.730. The summed E-state index contributed by atoms with van der Waals surface area (Å²) >= 11 is 5.86. The Balaban J connectivity index is 2.32. The summed E-state index contributed by atoms with van der Waals surface area (Å²) in [5, 5.41) is 13.6. The quantitative estimate of drug-likeness (QED) is 0.725. The predicted octanol–water partition coefficient (Wildman–Crippen LogP) is 2.47. The summed E-state index contributed by atoms with van der Waals surface area (Å²) in [5.74, 6) is 0.337. The Kier molecular flexibility index (Phi) is 2.42. The fourth-order valence-electron chi connectivity index (χ4n) is 1.75. The van der Waals surface area contributed by atoms with Crippen LogP contribution in [0.1, 0.15) is 24.4 Å². The summed E-state index contributed by atoms with van der Waals surface area (Å²) in [6, 6.07) is 5.46. The van der Waals surface area contributed by atoms with E-state index in [-0.39, 0.29) is 6.04 Å². The van der Waals surface area contributed by atoms with Crippen LogP contribution in [0.3, 0.4) is 0 Å². The first-order valence-electron chi connectivity index (χ1n) is 4.49. The summed E-state index contributed by atoms with van der Waals surface area (Å²) in [5.41, 5.74) is 0.921. The van der Waals surface area contributed by atoms with E-state index < -0.39 is 0 Å².